The Balaban J connectivity index is 2.20. The van der Waals surface area contributed by atoms with Crippen molar-refractivity contribution in [2.24, 2.45) is 23.2 Å². The molecule has 0 spiro atoms. The summed E-state index contributed by atoms with van der Waals surface area (Å²) in [6.45, 7) is 12.9. The maximum absolute atomic E-state index is 11.8. The number of carbonyl (C=O) groups is 1. The minimum Gasteiger partial charge on any atom is -0.456 e. The second-order valence-corrected chi connectivity index (χ2v) is 8.17. The minimum absolute atomic E-state index is 0.237. The van der Waals surface area contributed by atoms with Gasteiger partial charge in [0.05, 0.1) is 0 Å². The van der Waals surface area contributed by atoms with Crippen LogP contribution in [0.4, 0.5) is 0 Å². The molecule has 2 aliphatic carbocycles. The van der Waals surface area contributed by atoms with Crippen LogP contribution in [0.3, 0.4) is 0 Å². The fraction of sp³-hybridized carbons (Fsp3) is 0.842. The van der Waals surface area contributed by atoms with E-state index in [-0.39, 0.29) is 17.0 Å². The van der Waals surface area contributed by atoms with E-state index in [0.29, 0.717) is 5.92 Å². The molecule has 2 rings (SSSR count). The lowest BCUT2D eigenvalue weighted by atomic mass is 9.58. The maximum Gasteiger partial charge on any atom is 0.330 e. The molecule has 2 fully saturated rings. The van der Waals surface area contributed by atoms with Crippen LogP contribution in [0, 0.1) is 23.2 Å². The number of esters is 1. The second-order valence-electron chi connectivity index (χ2n) is 8.17. The third kappa shape index (κ3) is 3.35. The van der Waals surface area contributed by atoms with E-state index >= 15 is 0 Å². The molecule has 0 bridgehead atoms. The predicted octanol–water partition coefficient (Wildman–Crippen LogP) is 5.13. The molecule has 4 unspecified atom stereocenters. The first-order chi connectivity index (χ1) is 9.79. The van der Waals surface area contributed by atoms with Crippen molar-refractivity contribution < 1.29 is 9.53 Å². The summed E-state index contributed by atoms with van der Waals surface area (Å²) < 4.78 is 5.86. The maximum atomic E-state index is 11.8. The Hall–Kier alpha value is -0.790. The molecule has 0 amide bonds. The summed E-state index contributed by atoms with van der Waals surface area (Å²) >= 11 is 0. The van der Waals surface area contributed by atoms with Crippen molar-refractivity contribution in [3.8, 4) is 0 Å². The van der Waals surface area contributed by atoms with Gasteiger partial charge in [-0.3, -0.25) is 0 Å². The van der Waals surface area contributed by atoms with Crippen LogP contribution in [0.2, 0.25) is 0 Å². The molecular weight excluding hydrogens is 260 g/mol. The van der Waals surface area contributed by atoms with E-state index < -0.39 is 0 Å². The van der Waals surface area contributed by atoms with E-state index in [2.05, 4.69) is 34.3 Å². The normalized spacial score (nSPS) is 37.2. The smallest absolute Gasteiger partial charge is 0.330 e. The summed E-state index contributed by atoms with van der Waals surface area (Å²) in [6, 6.07) is 0. The highest BCUT2D eigenvalue weighted by Crippen LogP contribution is 2.54. The number of rotatable bonds is 4. The summed E-state index contributed by atoms with van der Waals surface area (Å²) in [5, 5.41) is 0. The summed E-state index contributed by atoms with van der Waals surface area (Å²) in [6.07, 6.45) is 9.91. The summed E-state index contributed by atoms with van der Waals surface area (Å²) in [5.41, 5.74) is -0.0831. The monoisotopic (exact) mass is 292 g/mol. The van der Waals surface area contributed by atoms with Gasteiger partial charge in [0, 0.05) is 12.0 Å². The minimum atomic E-state index is -0.321. The van der Waals surface area contributed by atoms with Gasteiger partial charge in [0.1, 0.15) is 5.60 Å². The van der Waals surface area contributed by atoms with Gasteiger partial charge in [-0.1, -0.05) is 40.2 Å². The van der Waals surface area contributed by atoms with E-state index in [0.717, 1.165) is 24.7 Å². The van der Waals surface area contributed by atoms with E-state index in [1.807, 2.05) is 0 Å². The van der Waals surface area contributed by atoms with Gasteiger partial charge in [0.15, 0.2) is 0 Å². The Kier molecular flexibility index (Phi) is 4.85. The van der Waals surface area contributed by atoms with Crippen molar-refractivity contribution in [2.45, 2.75) is 78.2 Å². The van der Waals surface area contributed by atoms with Gasteiger partial charge < -0.3 is 4.74 Å². The molecule has 0 saturated heterocycles. The van der Waals surface area contributed by atoms with Crippen molar-refractivity contribution >= 4 is 5.97 Å². The Bertz CT molecular complexity index is 398. The molecule has 0 aromatic heterocycles. The van der Waals surface area contributed by atoms with Crippen molar-refractivity contribution in [3.05, 3.63) is 12.7 Å². The SMILES string of the molecule is C=CC(=O)OC1(C)CCCCC1C(C)(C)C1CCC(C)C1. The lowest BCUT2D eigenvalue weighted by Gasteiger charge is -2.51. The van der Waals surface area contributed by atoms with Crippen LogP contribution in [0.5, 0.6) is 0 Å². The third-order valence-electron chi connectivity index (χ3n) is 6.30. The molecule has 0 radical (unpaired) electrons. The lowest BCUT2D eigenvalue weighted by Crippen LogP contribution is -2.50. The van der Waals surface area contributed by atoms with E-state index in [1.54, 1.807) is 0 Å². The van der Waals surface area contributed by atoms with Gasteiger partial charge in [-0.25, -0.2) is 4.79 Å². The van der Waals surface area contributed by atoms with Crippen LogP contribution in [0.1, 0.15) is 72.6 Å². The fourth-order valence-corrected chi connectivity index (χ4v) is 5.02. The van der Waals surface area contributed by atoms with E-state index in [4.69, 9.17) is 4.74 Å². The zero-order chi connectivity index (χ0) is 15.7. The lowest BCUT2D eigenvalue weighted by molar-refractivity contribution is -0.172. The van der Waals surface area contributed by atoms with Crippen LogP contribution in [0.25, 0.3) is 0 Å². The Morgan fingerprint density at radius 2 is 2.00 bits per heavy atom. The van der Waals surface area contributed by atoms with Crippen molar-refractivity contribution in [2.75, 3.05) is 0 Å². The van der Waals surface area contributed by atoms with Gasteiger partial charge >= 0.3 is 5.97 Å². The summed E-state index contributed by atoms with van der Waals surface area (Å²) in [5.74, 6) is 1.80. The quantitative estimate of drug-likeness (QED) is 0.530. The molecule has 0 aliphatic heterocycles. The predicted molar refractivity (Wildman–Crippen MR) is 86.9 cm³/mol. The van der Waals surface area contributed by atoms with Crippen molar-refractivity contribution in [3.63, 3.8) is 0 Å². The molecule has 120 valence electrons. The number of ether oxygens (including phenoxy) is 1. The molecule has 2 nitrogen and oxygen atoms in total. The van der Waals surface area contributed by atoms with E-state index in [1.165, 1.54) is 38.2 Å². The number of hydrogen-bond acceptors (Lipinski definition) is 2. The highest BCUT2D eigenvalue weighted by Gasteiger charge is 2.51. The van der Waals surface area contributed by atoms with E-state index in [9.17, 15) is 4.79 Å². The van der Waals surface area contributed by atoms with Crippen LogP contribution >= 0.6 is 0 Å². The Morgan fingerprint density at radius 1 is 1.29 bits per heavy atom. The van der Waals surface area contributed by atoms with Crippen molar-refractivity contribution in [1.29, 1.82) is 0 Å². The molecule has 21 heavy (non-hydrogen) atoms. The molecule has 2 heteroatoms. The van der Waals surface area contributed by atoms with Gasteiger partial charge in [0.25, 0.3) is 0 Å². The van der Waals surface area contributed by atoms with Gasteiger partial charge in [-0.2, -0.15) is 0 Å². The molecule has 4 atom stereocenters. The van der Waals surface area contributed by atoms with Crippen LogP contribution in [0.15, 0.2) is 12.7 Å². The molecule has 2 aliphatic rings. The average Bonchev–Trinajstić information content (AvgIpc) is 2.86. The zero-order valence-corrected chi connectivity index (χ0v) is 14.3. The van der Waals surface area contributed by atoms with Crippen LogP contribution in [-0.4, -0.2) is 11.6 Å². The van der Waals surface area contributed by atoms with Crippen molar-refractivity contribution in [1.82, 2.24) is 0 Å². The molecule has 0 heterocycles. The number of hydrogen-bond donors (Lipinski definition) is 0. The highest BCUT2D eigenvalue weighted by molar-refractivity contribution is 5.81. The Morgan fingerprint density at radius 3 is 2.57 bits per heavy atom. The third-order valence-corrected chi connectivity index (χ3v) is 6.30. The molecule has 0 aromatic rings. The zero-order valence-electron chi connectivity index (χ0n) is 14.3. The molecule has 0 aromatic carbocycles. The fourth-order valence-electron chi connectivity index (χ4n) is 5.02. The first-order valence-corrected chi connectivity index (χ1v) is 8.65. The molecular formula is C19H32O2. The van der Waals surface area contributed by atoms with Gasteiger partial charge in [-0.15, -0.1) is 0 Å². The van der Waals surface area contributed by atoms with Gasteiger partial charge in [-0.05, 0) is 56.3 Å². The average molecular weight is 292 g/mol. The van der Waals surface area contributed by atoms with Gasteiger partial charge in [0.2, 0.25) is 0 Å². The topological polar surface area (TPSA) is 26.3 Å². The van der Waals surface area contributed by atoms with Crippen LogP contribution in [-0.2, 0) is 9.53 Å². The number of carbonyl (C=O) groups excluding carboxylic acids is 1. The molecule has 2 saturated carbocycles. The summed E-state index contributed by atoms with van der Waals surface area (Å²) in [4.78, 5) is 11.8. The highest BCUT2D eigenvalue weighted by atomic mass is 16.6. The first kappa shape index (κ1) is 16.6. The standard InChI is InChI=1S/C19H32O2/c1-6-17(20)21-19(5)12-8-7-9-16(19)18(3,4)15-11-10-14(2)13-15/h6,14-16H,1,7-13H2,2-5H3. The summed E-state index contributed by atoms with van der Waals surface area (Å²) in [7, 11) is 0. The largest absolute Gasteiger partial charge is 0.456 e. The second kappa shape index (κ2) is 6.14. The first-order valence-electron chi connectivity index (χ1n) is 8.65. The Labute approximate surface area is 130 Å². The van der Waals surface area contributed by atoms with Crippen LogP contribution < -0.4 is 0 Å². The molecule has 0 N–H and O–H groups in total.